The lowest BCUT2D eigenvalue weighted by Gasteiger charge is -2.06. The second-order valence-corrected chi connectivity index (χ2v) is 3.96. The molecule has 0 bridgehead atoms. The molecule has 0 rings (SSSR count). The van der Waals surface area contributed by atoms with Crippen molar-refractivity contribution in [3.05, 3.63) is 11.0 Å². The molecule has 1 atom stereocenters. The van der Waals surface area contributed by atoms with Crippen molar-refractivity contribution in [2.45, 2.75) is 38.4 Å². The van der Waals surface area contributed by atoms with Crippen LogP contribution >= 0.6 is 11.8 Å². The standard InChI is InChI=1S/C10H16N2S/c1-3-5-6-9(4-2)13-10(7-11)8-12/h4,7,10-11H,3,5-6H2,1-2H3. The zero-order valence-electron chi connectivity index (χ0n) is 8.21. The number of nitrogens with zero attached hydrogens (tertiary/aromatic N) is 1. The number of thioether (sulfide) groups is 1. The highest BCUT2D eigenvalue weighted by molar-refractivity contribution is 8.04. The van der Waals surface area contributed by atoms with E-state index in [4.69, 9.17) is 10.7 Å². The first-order valence-electron chi connectivity index (χ1n) is 4.50. The van der Waals surface area contributed by atoms with E-state index >= 15 is 0 Å². The number of hydrogen-bond acceptors (Lipinski definition) is 3. The van der Waals surface area contributed by atoms with Gasteiger partial charge in [-0.1, -0.05) is 19.4 Å². The Morgan fingerprint density at radius 1 is 1.69 bits per heavy atom. The number of rotatable bonds is 6. The van der Waals surface area contributed by atoms with Gasteiger partial charge >= 0.3 is 0 Å². The topological polar surface area (TPSA) is 47.6 Å². The monoisotopic (exact) mass is 196 g/mol. The molecular weight excluding hydrogens is 180 g/mol. The van der Waals surface area contributed by atoms with Crippen LogP contribution in [0.1, 0.15) is 33.1 Å². The molecule has 0 spiro atoms. The fourth-order valence-corrected chi connectivity index (χ4v) is 1.73. The lowest BCUT2D eigenvalue weighted by molar-refractivity contribution is 0.808. The van der Waals surface area contributed by atoms with E-state index in [1.54, 1.807) is 0 Å². The normalized spacial score (nSPS) is 13.5. The molecule has 3 heteroatoms. The summed E-state index contributed by atoms with van der Waals surface area (Å²) in [5.74, 6) is 0. The van der Waals surface area contributed by atoms with Crippen molar-refractivity contribution in [2.24, 2.45) is 0 Å². The molecule has 72 valence electrons. The number of nitriles is 1. The number of unbranched alkanes of at least 4 members (excludes halogenated alkanes) is 1. The second kappa shape index (κ2) is 7.88. The van der Waals surface area contributed by atoms with Crippen LogP contribution in [-0.4, -0.2) is 11.5 Å². The van der Waals surface area contributed by atoms with Gasteiger partial charge < -0.3 is 5.41 Å². The molecule has 13 heavy (non-hydrogen) atoms. The zero-order valence-corrected chi connectivity index (χ0v) is 9.03. The molecule has 0 aliphatic carbocycles. The molecule has 0 aliphatic rings. The Morgan fingerprint density at radius 3 is 2.77 bits per heavy atom. The maximum absolute atomic E-state index is 8.65. The minimum Gasteiger partial charge on any atom is -0.311 e. The van der Waals surface area contributed by atoms with E-state index in [0.29, 0.717) is 0 Å². The molecule has 0 aromatic heterocycles. The molecule has 1 N–H and O–H groups in total. The van der Waals surface area contributed by atoms with Gasteiger partial charge in [-0.3, -0.25) is 0 Å². The van der Waals surface area contributed by atoms with Crippen LogP contribution in [0.3, 0.4) is 0 Å². The third kappa shape index (κ3) is 5.48. The Hall–Kier alpha value is -0.750. The van der Waals surface area contributed by atoms with Crippen LogP contribution in [-0.2, 0) is 0 Å². The Labute approximate surface area is 84.5 Å². The largest absolute Gasteiger partial charge is 0.311 e. The van der Waals surface area contributed by atoms with Crippen molar-refractivity contribution in [2.75, 3.05) is 0 Å². The van der Waals surface area contributed by atoms with Crippen LogP contribution in [0.25, 0.3) is 0 Å². The molecule has 0 saturated heterocycles. The van der Waals surface area contributed by atoms with Crippen molar-refractivity contribution in [3.8, 4) is 6.07 Å². The predicted molar refractivity (Wildman–Crippen MR) is 59.1 cm³/mol. The van der Waals surface area contributed by atoms with Gasteiger partial charge in [0.2, 0.25) is 0 Å². The second-order valence-electron chi connectivity index (χ2n) is 2.69. The number of hydrogen-bond donors (Lipinski definition) is 1. The first kappa shape index (κ1) is 12.2. The van der Waals surface area contributed by atoms with Gasteiger partial charge in [0.05, 0.1) is 6.07 Å². The molecule has 0 aliphatic heterocycles. The summed E-state index contributed by atoms with van der Waals surface area (Å²) in [6.45, 7) is 4.13. The molecule has 1 unspecified atom stereocenters. The summed E-state index contributed by atoms with van der Waals surface area (Å²) in [5.41, 5.74) is 0. The summed E-state index contributed by atoms with van der Waals surface area (Å²) in [7, 11) is 0. The first-order chi connectivity index (χ1) is 6.28. The third-order valence-corrected chi connectivity index (χ3v) is 2.89. The van der Waals surface area contributed by atoms with Gasteiger partial charge in [0.15, 0.2) is 0 Å². The smallest absolute Gasteiger partial charge is 0.130 e. The molecule has 0 saturated carbocycles. The third-order valence-electron chi connectivity index (χ3n) is 1.66. The molecule has 2 nitrogen and oxygen atoms in total. The summed E-state index contributed by atoms with van der Waals surface area (Å²) >= 11 is 1.49. The molecule has 0 heterocycles. The van der Waals surface area contributed by atoms with E-state index in [1.165, 1.54) is 29.3 Å². The van der Waals surface area contributed by atoms with Crippen LogP contribution in [0.5, 0.6) is 0 Å². The lowest BCUT2D eigenvalue weighted by Crippen LogP contribution is -1.99. The van der Waals surface area contributed by atoms with Gasteiger partial charge in [0.25, 0.3) is 0 Å². The van der Waals surface area contributed by atoms with Gasteiger partial charge in [-0.15, -0.1) is 11.8 Å². The van der Waals surface area contributed by atoms with E-state index in [-0.39, 0.29) is 5.25 Å². The maximum atomic E-state index is 8.65. The maximum Gasteiger partial charge on any atom is 0.130 e. The highest BCUT2D eigenvalue weighted by Gasteiger charge is 2.06. The van der Waals surface area contributed by atoms with Gasteiger partial charge in [-0.05, 0) is 24.7 Å². The van der Waals surface area contributed by atoms with Crippen LogP contribution in [0.4, 0.5) is 0 Å². The molecular formula is C10H16N2S. The molecule has 0 aromatic rings. The fourth-order valence-electron chi connectivity index (χ4n) is 0.883. The van der Waals surface area contributed by atoms with Crippen LogP contribution in [0.15, 0.2) is 11.0 Å². The van der Waals surface area contributed by atoms with Gasteiger partial charge in [0.1, 0.15) is 5.25 Å². The predicted octanol–water partition coefficient (Wildman–Crippen LogP) is 3.36. The SMILES string of the molecule is CC=C(CCCC)SC(C#N)C=N. The average Bonchev–Trinajstić information content (AvgIpc) is 2.19. The minimum atomic E-state index is -0.317. The first-order valence-corrected chi connectivity index (χ1v) is 5.38. The highest BCUT2D eigenvalue weighted by atomic mass is 32.2. The van der Waals surface area contributed by atoms with E-state index in [0.717, 1.165) is 12.8 Å². The van der Waals surface area contributed by atoms with E-state index < -0.39 is 0 Å². The lowest BCUT2D eigenvalue weighted by atomic mass is 10.2. The Bertz CT molecular complexity index is 215. The Kier molecular flexibility index (Phi) is 7.42. The van der Waals surface area contributed by atoms with E-state index in [9.17, 15) is 0 Å². The van der Waals surface area contributed by atoms with Crippen LogP contribution in [0, 0.1) is 16.7 Å². The van der Waals surface area contributed by atoms with Crippen LogP contribution in [0.2, 0.25) is 0 Å². The Balaban J connectivity index is 3.99. The number of allylic oxidation sites excluding steroid dienone is 2. The summed E-state index contributed by atoms with van der Waals surface area (Å²) in [5, 5.41) is 15.3. The van der Waals surface area contributed by atoms with Crippen molar-refractivity contribution < 1.29 is 0 Å². The van der Waals surface area contributed by atoms with Crippen molar-refractivity contribution in [3.63, 3.8) is 0 Å². The fraction of sp³-hybridized carbons (Fsp3) is 0.600. The van der Waals surface area contributed by atoms with Crippen molar-refractivity contribution in [1.82, 2.24) is 0 Å². The van der Waals surface area contributed by atoms with Crippen molar-refractivity contribution >= 4 is 18.0 Å². The summed E-state index contributed by atoms with van der Waals surface area (Å²) in [6, 6.07) is 2.07. The van der Waals surface area contributed by atoms with Gasteiger partial charge in [0, 0.05) is 6.21 Å². The molecule has 0 radical (unpaired) electrons. The summed E-state index contributed by atoms with van der Waals surface area (Å²) in [4.78, 5) is 1.22. The van der Waals surface area contributed by atoms with Gasteiger partial charge in [-0.2, -0.15) is 5.26 Å². The quantitative estimate of drug-likeness (QED) is 0.662. The Morgan fingerprint density at radius 2 is 2.38 bits per heavy atom. The highest BCUT2D eigenvalue weighted by Crippen LogP contribution is 2.24. The number of nitrogens with one attached hydrogen (secondary N) is 1. The zero-order chi connectivity index (χ0) is 10.1. The molecule has 0 amide bonds. The van der Waals surface area contributed by atoms with Crippen molar-refractivity contribution in [1.29, 1.82) is 10.7 Å². The van der Waals surface area contributed by atoms with Gasteiger partial charge in [-0.25, -0.2) is 0 Å². The average molecular weight is 196 g/mol. The van der Waals surface area contributed by atoms with E-state index in [2.05, 4.69) is 13.0 Å². The summed E-state index contributed by atoms with van der Waals surface area (Å²) in [6.07, 6.45) is 6.58. The molecule has 0 aromatic carbocycles. The van der Waals surface area contributed by atoms with E-state index in [1.807, 2.05) is 13.0 Å². The summed E-state index contributed by atoms with van der Waals surface area (Å²) < 4.78 is 0. The minimum absolute atomic E-state index is 0.317. The molecule has 0 fully saturated rings. The van der Waals surface area contributed by atoms with Crippen LogP contribution < -0.4 is 0 Å².